The number of ether oxygens (including phenoxy) is 1. The van der Waals surface area contributed by atoms with Crippen molar-refractivity contribution in [3.8, 4) is 0 Å². The van der Waals surface area contributed by atoms with E-state index in [0.717, 1.165) is 5.71 Å². The number of amides is 2. The summed E-state index contributed by atoms with van der Waals surface area (Å²) in [5.41, 5.74) is 3.68. The summed E-state index contributed by atoms with van der Waals surface area (Å²) in [4.78, 5) is 28.9. The summed E-state index contributed by atoms with van der Waals surface area (Å²) in [5.74, 6) is -0.337. The highest BCUT2D eigenvalue weighted by atomic mass is 16.6. The molecular formula is C14H18N4O3. The molecule has 7 heteroatoms. The largest absolute Gasteiger partial charge is 0.450 e. The second kappa shape index (κ2) is 7.37. The Morgan fingerprint density at radius 3 is 2.76 bits per heavy atom. The first kappa shape index (κ1) is 15.0. The zero-order chi connectivity index (χ0) is 15.1. The molecule has 1 saturated heterocycles. The van der Waals surface area contributed by atoms with Gasteiger partial charge in [0.1, 0.15) is 5.69 Å². The van der Waals surface area contributed by atoms with Gasteiger partial charge in [0, 0.05) is 37.8 Å². The van der Waals surface area contributed by atoms with E-state index in [4.69, 9.17) is 4.74 Å². The van der Waals surface area contributed by atoms with E-state index in [9.17, 15) is 9.59 Å². The molecule has 1 aliphatic rings. The van der Waals surface area contributed by atoms with Crippen LogP contribution in [-0.4, -0.2) is 47.3 Å². The third kappa shape index (κ3) is 4.27. The van der Waals surface area contributed by atoms with E-state index in [1.807, 2.05) is 0 Å². The van der Waals surface area contributed by atoms with Crippen molar-refractivity contribution < 1.29 is 14.3 Å². The van der Waals surface area contributed by atoms with Crippen LogP contribution in [0.5, 0.6) is 0 Å². The minimum absolute atomic E-state index is 0.297. The number of pyridine rings is 1. The average Bonchev–Trinajstić information content (AvgIpc) is 2.54. The number of nitrogens with one attached hydrogen (secondary N) is 1. The van der Waals surface area contributed by atoms with Gasteiger partial charge in [-0.15, -0.1) is 0 Å². The van der Waals surface area contributed by atoms with Crippen molar-refractivity contribution in [2.45, 2.75) is 19.8 Å². The molecule has 1 aromatic heterocycles. The second-order valence-electron chi connectivity index (χ2n) is 4.52. The highest BCUT2D eigenvalue weighted by molar-refractivity contribution is 5.94. The topological polar surface area (TPSA) is 83.9 Å². The molecule has 0 bridgehead atoms. The number of hydrogen-bond donors (Lipinski definition) is 1. The van der Waals surface area contributed by atoms with E-state index in [2.05, 4.69) is 15.5 Å². The Morgan fingerprint density at radius 1 is 1.38 bits per heavy atom. The van der Waals surface area contributed by atoms with E-state index in [1.54, 1.807) is 36.2 Å². The van der Waals surface area contributed by atoms with E-state index >= 15 is 0 Å². The fraction of sp³-hybridized carbons (Fsp3) is 0.429. The van der Waals surface area contributed by atoms with Gasteiger partial charge in [-0.05, 0) is 19.1 Å². The Balaban J connectivity index is 1.82. The quantitative estimate of drug-likeness (QED) is 0.853. The molecule has 1 aliphatic heterocycles. The smallest absolute Gasteiger partial charge is 0.409 e. The van der Waals surface area contributed by atoms with Crippen LogP contribution in [0.2, 0.25) is 0 Å². The summed E-state index contributed by atoms with van der Waals surface area (Å²) in [6, 6.07) is 5.11. The number of hydrogen-bond acceptors (Lipinski definition) is 5. The third-order valence-electron chi connectivity index (χ3n) is 3.08. The molecule has 2 amide bonds. The maximum absolute atomic E-state index is 11.8. The third-order valence-corrected chi connectivity index (χ3v) is 3.08. The Bertz CT molecular complexity index is 520. The van der Waals surface area contributed by atoms with Crippen LogP contribution in [0.4, 0.5) is 4.79 Å². The van der Waals surface area contributed by atoms with Gasteiger partial charge < -0.3 is 9.64 Å². The van der Waals surface area contributed by atoms with Gasteiger partial charge in [0.05, 0.1) is 6.61 Å². The molecule has 0 aliphatic carbocycles. The standard InChI is InChI=1S/C14H18N4O3/c1-2-21-14(20)18-9-6-11(7-10-18)16-17-13(19)12-5-3-4-8-15-12/h3-5,8H,2,6-7,9-10H2,1H3,(H,17,19). The Morgan fingerprint density at radius 2 is 2.14 bits per heavy atom. The molecule has 1 aromatic rings. The maximum atomic E-state index is 11.8. The summed E-state index contributed by atoms with van der Waals surface area (Å²) >= 11 is 0. The van der Waals surface area contributed by atoms with Crippen molar-refractivity contribution >= 4 is 17.7 Å². The van der Waals surface area contributed by atoms with Crippen LogP contribution < -0.4 is 5.43 Å². The fourth-order valence-corrected chi connectivity index (χ4v) is 1.96. The molecule has 0 unspecified atom stereocenters. The number of likely N-dealkylation sites (tertiary alicyclic amines) is 1. The van der Waals surface area contributed by atoms with Crippen LogP contribution in [0.1, 0.15) is 30.3 Å². The van der Waals surface area contributed by atoms with E-state index < -0.39 is 0 Å². The lowest BCUT2D eigenvalue weighted by Crippen LogP contribution is -2.39. The summed E-state index contributed by atoms with van der Waals surface area (Å²) in [5, 5.41) is 4.10. The van der Waals surface area contributed by atoms with Crippen molar-refractivity contribution in [2.24, 2.45) is 5.10 Å². The zero-order valence-corrected chi connectivity index (χ0v) is 11.9. The van der Waals surface area contributed by atoms with Crippen LogP contribution in [0.25, 0.3) is 0 Å². The lowest BCUT2D eigenvalue weighted by Gasteiger charge is -2.26. The van der Waals surface area contributed by atoms with E-state index in [-0.39, 0.29) is 12.0 Å². The molecule has 0 aromatic carbocycles. The number of rotatable bonds is 3. The molecule has 112 valence electrons. The SMILES string of the molecule is CCOC(=O)N1CCC(=NNC(=O)c2ccccn2)CC1. The lowest BCUT2D eigenvalue weighted by atomic mass is 10.1. The highest BCUT2D eigenvalue weighted by Gasteiger charge is 2.20. The fourth-order valence-electron chi connectivity index (χ4n) is 1.96. The average molecular weight is 290 g/mol. The molecule has 1 fully saturated rings. The number of carbonyl (C=O) groups excluding carboxylic acids is 2. The second-order valence-corrected chi connectivity index (χ2v) is 4.52. The number of piperidine rings is 1. The van der Waals surface area contributed by atoms with Gasteiger partial charge in [-0.3, -0.25) is 9.78 Å². The van der Waals surface area contributed by atoms with E-state index in [1.165, 1.54) is 0 Å². The van der Waals surface area contributed by atoms with Crippen LogP contribution in [0, 0.1) is 0 Å². The van der Waals surface area contributed by atoms with Gasteiger partial charge in [0.2, 0.25) is 0 Å². The molecule has 2 heterocycles. The molecule has 7 nitrogen and oxygen atoms in total. The maximum Gasteiger partial charge on any atom is 0.409 e. The minimum atomic E-state index is -0.337. The Kier molecular flexibility index (Phi) is 5.25. The van der Waals surface area contributed by atoms with Crippen LogP contribution >= 0.6 is 0 Å². The molecule has 0 spiro atoms. The van der Waals surface area contributed by atoms with E-state index in [0.29, 0.717) is 38.2 Å². The van der Waals surface area contributed by atoms with Gasteiger partial charge in [-0.1, -0.05) is 6.07 Å². The van der Waals surface area contributed by atoms with Gasteiger partial charge in [0.15, 0.2) is 0 Å². The minimum Gasteiger partial charge on any atom is -0.450 e. The van der Waals surface area contributed by atoms with Crippen molar-refractivity contribution in [3.63, 3.8) is 0 Å². The summed E-state index contributed by atoms with van der Waals surface area (Å²) in [7, 11) is 0. The van der Waals surface area contributed by atoms with Gasteiger partial charge in [0.25, 0.3) is 5.91 Å². The summed E-state index contributed by atoms with van der Waals surface area (Å²) < 4.78 is 4.94. The molecule has 1 N–H and O–H groups in total. The zero-order valence-electron chi connectivity index (χ0n) is 11.9. The predicted molar refractivity (Wildman–Crippen MR) is 77.0 cm³/mol. The van der Waals surface area contributed by atoms with Gasteiger partial charge >= 0.3 is 6.09 Å². The van der Waals surface area contributed by atoms with Gasteiger partial charge in [-0.2, -0.15) is 5.10 Å². The monoisotopic (exact) mass is 290 g/mol. The number of aromatic nitrogens is 1. The van der Waals surface area contributed by atoms with Crippen LogP contribution in [0.15, 0.2) is 29.5 Å². The summed E-state index contributed by atoms with van der Waals surface area (Å²) in [6.07, 6.45) is 2.51. The molecular weight excluding hydrogens is 272 g/mol. The normalized spacial score (nSPS) is 14.5. The van der Waals surface area contributed by atoms with Crippen LogP contribution in [0.3, 0.4) is 0 Å². The molecule has 0 saturated carbocycles. The first-order valence-electron chi connectivity index (χ1n) is 6.89. The van der Waals surface area contributed by atoms with Crippen molar-refractivity contribution in [3.05, 3.63) is 30.1 Å². The lowest BCUT2D eigenvalue weighted by molar-refractivity contribution is 0.0946. The summed E-state index contributed by atoms with van der Waals surface area (Å²) in [6.45, 7) is 3.26. The number of carbonyl (C=O) groups is 2. The highest BCUT2D eigenvalue weighted by Crippen LogP contribution is 2.08. The first-order chi connectivity index (χ1) is 10.2. The first-order valence-corrected chi connectivity index (χ1v) is 6.89. The predicted octanol–water partition coefficient (Wildman–Crippen LogP) is 1.42. The van der Waals surface area contributed by atoms with Crippen molar-refractivity contribution in [2.75, 3.05) is 19.7 Å². The molecule has 0 atom stereocenters. The van der Waals surface area contributed by atoms with Crippen molar-refractivity contribution in [1.29, 1.82) is 0 Å². The molecule has 0 radical (unpaired) electrons. The number of nitrogens with zero attached hydrogens (tertiary/aromatic N) is 3. The molecule has 2 rings (SSSR count). The molecule has 21 heavy (non-hydrogen) atoms. The van der Waals surface area contributed by atoms with Crippen molar-refractivity contribution in [1.82, 2.24) is 15.3 Å². The van der Waals surface area contributed by atoms with Gasteiger partial charge in [-0.25, -0.2) is 10.2 Å². The Labute approximate surface area is 123 Å². The Hall–Kier alpha value is -2.44. The van der Waals surface area contributed by atoms with Crippen LogP contribution in [-0.2, 0) is 4.74 Å². The number of hydrazone groups is 1.